The molecule has 0 aliphatic heterocycles. The molecule has 1 atom stereocenters. The maximum Gasteiger partial charge on any atom is 0.251 e. The van der Waals surface area contributed by atoms with Gasteiger partial charge in [0.15, 0.2) is 0 Å². The zero-order chi connectivity index (χ0) is 17.1. The summed E-state index contributed by atoms with van der Waals surface area (Å²) in [6.45, 7) is 2.02. The van der Waals surface area contributed by atoms with Crippen molar-refractivity contribution in [1.29, 1.82) is 0 Å². The van der Waals surface area contributed by atoms with E-state index in [1.165, 1.54) is 10.8 Å². The van der Waals surface area contributed by atoms with Gasteiger partial charge in [-0.2, -0.15) is 0 Å². The Labute approximate surface area is 142 Å². The highest BCUT2D eigenvalue weighted by Gasteiger charge is 2.13. The van der Waals surface area contributed by atoms with Gasteiger partial charge >= 0.3 is 0 Å². The molecule has 1 unspecified atom stereocenters. The quantitative estimate of drug-likeness (QED) is 0.773. The lowest BCUT2D eigenvalue weighted by Crippen LogP contribution is -2.26. The van der Waals surface area contributed by atoms with Gasteiger partial charge in [-0.05, 0) is 47.5 Å². The smallest absolute Gasteiger partial charge is 0.251 e. The highest BCUT2D eigenvalue weighted by Crippen LogP contribution is 2.24. The molecule has 3 aromatic carbocycles. The van der Waals surface area contributed by atoms with Crippen molar-refractivity contribution >= 4 is 22.4 Å². The van der Waals surface area contributed by atoms with Crippen LogP contribution in [-0.2, 0) is 0 Å². The van der Waals surface area contributed by atoms with Crippen molar-refractivity contribution in [2.45, 2.75) is 13.0 Å². The van der Waals surface area contributed by atoms with Crippen LogP contribution < -0.4 is 10.2 Å². The van der Waals surface area contributed by atoms with E-state index < -0.39 is 0 Å². The van der Waals surface area contributed by atoms with Gasteiger partial charge in [0.1, 0.15) is 0 Å². The lowest BCUT2D eigenvalue weighted by atomic mass is 9.99. The van der Waals surface area contributed by atoms with Gasteiger partial charge in [0.05, 0.1) is 6.04 Å². The van der Waals surface area contributed by atoms with Crippen LogP contribution in [0.2, 0.25) is 0 Å². The number of amides is 1. The Balaban J connectivity index is 1.80. The van der Waals surface area contributed by atoms with Crippen molar-refractivity contribution in [1.82, 2.24) is 5.32 Å². The van der Waals surface area contributed by atoms with Crippen molar-refractivity contribution in [2.75, 3.05) is 19.0 Å². The number of rotatable bonds is 4. The van der Waals surface area contributed by atoms with Gasteiger partial charge in [-0.15, -0.1) is 0 Å². The molecule has 3 heteroatoms. The van der Waals surface area contributed by atoms with Crippen LogP contribution in [0.3, 0.4) is 0 Å². The van der Waals surface area contributed by atoms with Crippen LogP contribution >= 0.6 is 0 Å². The fourth-order valence-corrected chi connectivity index (χ4v) is 2.90. The predicted molar refractivity (Wildman–Crippen MR) is 101 cm³/mol. The highest BCUT2D eigenvalue weighted by molar-refractivity contribution is 5.95. The molecule has 0 fully saturated rings. The van der Waals surface area contributed by atoms with Crippen LogP contribution in [0.15, 0.2) is 66.7 Å². The van der Waals surface area contributed by atoms with Gasteiger partial charge in [0.25, 0.3) is 5.91 Å². The molecule has 3 aromatic rings. The Hall–Kier alpha value is -2.81. The van der Waals surface area contributed by atoms with E-state index in [9.17, 15) is 4.79 Å². The Morgan fingerprint density at radius 2 is 1.58 bits per heavy atom. The monoisotopic (exact) mass is 318 g/mol. The Bertz CT molecular complexity index is 848. The van der Waals surface area contributed by atoms with Crippen LogP contribution in [0.1, 0.15) is 28.9 Å². The number of nitrogens with one attached hydrogen (secondary N) is 1. The van der Waals surface area contributed by atoms with E-state index in [4.69, 9.17) is 0 Å². The molecule has 0 aliphatic carbocycles. The van der Waals surface area contributed by atoms with Crippen molar-refractivity contribution < 1.29 is 4.79 Å². The average molecular weight is 318 g/mol. The number of benzene rings is 3. The summed E-state index contributed by atoms with van der Waals surface area (Å²) in [5.74, 6) is -0.0549. The summed E-state index contributed by atoms with van der Waals surface area (Å²) in [5, 5.41) is 5.46. The lowest BCUT2D eigenvalue weighted by molar-refractivity contribution is 0.0940. The molecular weight excluding hydrogens is 296 g/mol. The van der Waals surface area contributed by atoms with E-state index in [1.54, 1.807) is 0 Å². The molecule has 0 radical (unpaired) electrons. The molecule has 0 heterocycles. The standard InChI is InChI=1S/C21H22N2O/c1-15(19-10-6-8-16-7-4-5-9-20(16)19)22-21(24)17-11-13-18(14-12-17)23(2)3/h4-15H,1-3H3,(H,22,24). The third-order valence-electron chi connectivity index (χ3n) is 4.28. The third-order valence-corrected chi connectivity index (χ3v) is 4.28. The SMILES string of the molecule is CC(NC(=O)c1ccc(N(C)C)cc1)c1cccc2ccccc12. The minimum absolute atomic E-state index is 0.0549. The Kier molecular flexibility index (Phi) is 4.52. The number of nitrogens with zero attached hydrogens (tertiary/aromatic N) is 1. The summed E-state index contributed by atoms with van der Waals surface area (Å²) in [6, 6.07) is 22.0. The number of carbonyl (C=O) groups is 1. The van der Waals surface area contributed by atoms with Gasteiger partial charge in [0, 0.05) is 25.3 Å². The van der Waals surface area contributed by atoms with E-state index in [-0.39, 0.29) is 11.9 Å². The summed E-state index contributed by atoms with van der Waals surface area (Å²) in [5.41, 5.74) is 2.88. The first-order valence-electron chi connectivity index (χ1n) is 8.12. The second kappa shape index (κ2) is 6.75. The summed E-state index contributed by atoms with van der Waals surface area (Å²) in [4.78, 5) is 14.5. The summed E-state index contributed by atoms with van der Waals surface area (Å²) in [7, 11) is 3.97. The first-order chi connectivity index (χ1) is 11.6. The second-order valence-electron chi connectivity index (χ2n) is 6.20. The van der Waals surface area contributed by atoms with E-state index in [2.05, 4.69) is 29.6 Å². The molecule has 0 bridgehead atoms. The first-order valence-corrected chi connectivity index (χ1v) is 8.12. The topological polar surface area (TPSA) is 32.3 Å². The van der Waals surface area contributed by atoms with Crippen LogP contribution in [0.25, 0.3) is 10.8 Å². The normalized spacial score (nSPS) is 12.0. The van der Waals surface area contributed by atoms with Crippen LogP contribution in [-0.4, -0.2) is 20.0 Å². The van der Waals surface area contributed by atoms with E-state index in [0.29, 0.717) is 5.56 Å². The molecule has 3 nitrogen and oxygen atoms in total. The average Bonchev–Trinajstić information content (AvgIpc) is 2.61. The van der Waals surface area contributed by atoms with Crippen LogP contribution in [0.4, 0.5) is 5.69 Å². The molecule has 24 heavy (non-hydrogen) atoms. The number of carbonyl (C=O) groups excluding carboxylic acids is 1. The van der Waals surface area contributed by atoms with Crippen molar-refractivity contribution in [3.05, 3.63) is 77.9 Å². The zero-order valence-electron chi connectivity index (χ0n) is 14.3. The largest absolute Gasteiger partial charge is 0.378 e. The first kappa shape index (κ1) is 16.1. The van der Waals surface area contributed by atoms with Crippen molar-refractivity contribution in [3.8, 4) is 0 Å². The molecule has 1 N–H and O–H groups in total. The number of hydrogen-bond acceptors (Lipinski definition) is 2. The predicted octanol–water partition coefficient (Wildman–Crippen LogP) is 4.40. The minimum Gasteiger partial charge on any atom is -0.378 e. The zero-order valence-corrected chi connectivity index (χ0v) is 14.3. The molecule has 1 amide bonds. The van der Waals surface area contributed by atoms with Gasteiger partial charge < -0.3 is 10.2 Å². The fourth-order valence-electron chi connectivity index (χ4n) is 2.90. The van der Waals surface area contributed by atoms with Crippen LogP contribution in [0, 0.1) is 0 Å². The highest BCUT2D eigenvalue weighted by atomic mass is 16.1. The van der Waals surface area contributed by atoms with Gasteiger partial charge in [-0.1, -0.05) is 42.5 Å². The molecule has 122 valence electrons. The van der Waals surface area contributed by atoms with Crippen molar-refractivity contribution in [3.63, 3.8) is 0 Å². The molecule has 0 aromatic heterocycles. The maximum absolute atomic E-state index is 12.5. The van der Waals surface area contributed by atoms with Gasteiger partial charge in [-0.3, -0.25) is 4.79 Å². The molecule has 0 saturated heterocycles. The van der Waals surface area contributed by atoms with E-state index >= 15 is 0 Å². The summed E-state index contributed by atoms with van der Waals surface area (Å²) >= 11 is 0. The lowest BCUT2D eigenvalue weighted by Gasteiger charge is -2.17. The molecule has 0 aliphatic rings. The fraction of sp³-hybridized carbons (Fsp3) is 0.190. The number of fused-ring (bicyclic) bond motifs is 1. The molecule has 0 spiro atoms. The van der Waals surface area contributed by atoms with Gasteiger partial charge in [-0.25, -0.2) is 0 Å². The second-order valence-corrected chi connectivity index (χ2v) is 6.20. The van der Waals surface area contributed by atoms with E-state index in [0.717, 1.165) is 11.3 Å². The summed E-state index contributed by atoms with van der Waals surface area (Å²) < 4.78 is 0. The molecule has 0 saturated carbocycles. The number of hydrogen-bond donors (Lipinski definition) is 1. The third kappa shape index (κ3) is 3.25. The van der Waals surface area contributed by atoms with Gasteiger partial charge in [0.2, 0.25) is 0 Å². The molecular formula is C21H22N2O. The Morgan fingerprint density at radius 1 is 0.917 bits per heavy atom. The Morgan fingerprint density at radius 3 is 2.29 bits per heavy atom. The summed E-state index contributed by atoms with van der Waals surface area (Å²) in [6.07, 6.45) is 0. The molecule has 3 rings (SSSR count). The van der Waals surface area contributed by atoms with Crippen molar-refractivity contribution in [2.24, 2.45) is 0 Å². The van der Waals surface area contributed by atoms with E-state index in [1.807, 2.05) is 68.4 Å². The number of anilines is 1. The van der Waals surface area contributed by atoms with Crippen LogP contribution in [0.5, 0.6) is 0 Å². The maximum atomic E-state index is 12.5. The minimum atomic E-state index is -0.0582.